The third-order valence-electron chi connectivity index (χ3n) is 4.97. The number of nitrogens with zero attached hydrogens (tertiary/aromatic N) is 1. The van der Waals surface area contributed by atoms with Gasteiger partial charge >= 0.3 is 0 Å². The Labute approximate surface area is 160 Å². The highest BCUT2D eigenvalue weighted by atomic mass is 35.5. The van der Waals surface area contributed by atoms with Crippen molar-refractivity contribution < 1.29 is 9.59 Å². The van der Waals surface area contributed by atoms with Crippen molar-refractivity contribution in [3.05, 3.63) is 88.9 Å². The highest BCUT2D eigenvalue weighted by Gasteiger charge is 2.56. The van der Waals surface area contributed by atoms with Crippen LogP contribution >= 0.6 is 11.6 Å². The Hall–Kier alpha value is -3.31. The lowest BCUT2D eigenvalue weighted by Gasteiger charge is -2.44. The maximum atomic E-state index is 13.5. The first-order valence-electron chi connectivity index (χ1n) is 8.49. The minimum Gasteiger partial charge on any atom is -0.350 e. The van der Waals surface area contributed by atoms with E-state index in [1.807, 2.05) is 30.3 Å². The van der Waals surface area contributed by atoms with Crippen LogP contribution in [-0.2, 0) is 10.5 Å². The molecule has 1 unspecified atom stereocenters. The lowest BCUT2D eigenvalue weighted by atomic mass is 9.92. The fourth-order valence-corrected chi connectivity index (χ4v) is 4.00. The van der Waals surface area contributed by atoms with Gasteiger partial charge in [0.1, 0.15) is 0 Å². The predicted molar refractivity (Wildman–Crippen MR) is 105 cm³/mol. The van der Waals surface area contributed by atoms with Crippen LogP contribution < -0.4 is 15.5 Å². The maximum Gasteiger partial charge on any atom is 0.276 e. The van der Waals surface area contributed by atoms with Gasteiger partial charge in [-0.25, -0.2) is 0 Å². The molecular formula is C21H14ClN3O2. The summed E-state index contributed by atoms with van der Waals surface area (Å²) in [4.78, 5) is 28.2. The molecule has 1 atom stereocenters. The molecule has 0 radical (unpaired) electrons. The van der Waals surface area contributed by atoms with Gasteiger partial charge in [0.05, 0.1) is 5.56 Å². The number of nitrogens with one attached hydrogen (secondary N) is 2. The summed E-state index contributed by atoms with van der Waals surface area (Å²) in [5.74, 6) is -0.579. The van der Waals surface area contributed by atoms with E-state index in [0.717, 1.165) is 0 Å². The van der Waals surface area contributed by atoms with E-state index in [0.29, 0.717) is 33.2 Å². The van der Waals surface area contributed by atoms with Crippen LogP contribution in [0.1, 0.15) is 15.9 Å². The number of hydrogen-bond donors (Lipinski definition) is 2. The normalized spacial score (nSPS) is 20.1. The number of carbonyl (C=O) groups excluding carboxylic acids is 2. The summed E-state index contributed by atoms with van der Waals surface area (Å²) in [6.07, 6.45) is 0. The first-order valence-corrected chi connectivity index (χ1v) is 8.87. The monoisotopic (exact) mass is 375 g/mol. The van der Waals surface area contributed by atoms with Crippen molar-refractivity contribution in [2.45, 2.75) is 5.66 Å². The molecule has 6 heteroatoms. The average molecular weight is 376 g/mol. The number of carbonyl (C=O) groups is 2. The van der Waals surface area contributed by atoms with Crippen LogP contribution in [0.4, 0.5) is 17.1 Å². The summed E-state index contributed by atoms with van der Waals surface area (Å²) >= 11 is 6.18. The molecule has 3 aromatic carbocycles. The largest absolute Gasteiger partial charge is 0.350 e. The highest BCUT2D eigenvalue weighted by Crippen LogP contribution is 2.47. The van der Waals surface area contributed by atoms with Crippen LogP contribution in [0.5, 0.6) is 0 Å². The summed E-state index contributed by atoms with van der Waals surface area (Å²) in [5.41, 5.74) is 1.65. The van der Waals surface area contributed by atoms with E-state index < -0.39 is 5.66 Å². The molecule has 2 aliphatic heterocycles. The zero-order valence-electron chi connectivity index (χ0n) is 14.1. The van der Waals surface area contributed by atoms with Crippen molar-refractivity contribution in [3.8, 4) is 0 Å². The van der Waals surface area contributed by atoms with Crippen LogP contribution in [0.25, 0.3) is 0 Å². The molecule has 0 aromatic heterocycles. The van der Waals surface area contributed by atoms with Gasteiger partial charge < -0.3 is 10.6 Å². The highest BCUT2D eigenvalue weighted by molar-refractivity contribution is 6.31. The van der Waals surface area contributed by atoms with Gasteiger partial charge in [-0.3, -0.25) is 14.5 Å². The zero-order valence-corrected chi connectivity index (χ0v) is 14.8. The molecule has 3 aromatic rings. The SMILES string of the molecule is O=C1c2ccccc2NC2(C(=O)Nc3ccccc32)N1c1cccc(Cl)c1. The third-order valence-corrected chi connectivity index (χ3v) is 5.21. The van der Waals surface area contributed by atoms with E-state index in [9.17, 15) is 9.59 Å². The maximum absolute atomic E-state index is 13.5. The van der Waals surface area contributed by atoms with Crippen LogP contribution in [0.2, 0.25) is 5.02 Å². The number of amides is 2. The Bertz CT molecular complexity index is 1110. The summed E-state index contributed by atoms with van der Waals surface area (Å²) in [6.45, 7) is 0. The first-order chi connectivity index (χ1) is 13.1. The molecule has 27 heavy (non-hydrogen) atoms. The van der Waals surface area contributed by atoms with Crippen LogP contribution in [0.3, 0.4) is 0 Å². The van der Waals surface area contributed by atoms with E-state index in [4.69, 9.17) is 11.6 Å². The minimum atomic E-state index is -1.38. The predicted octanol–water partition coefficient (Wildman–Crippen LogP) is 4.22. The number of hydrogen-bond acceptors (Lipinski definition) is 3. The lowest BCUT2D eigenvalue weighted by molar-refractivity contribution is -0.119. The number of rotatable bonds is 1. The molecule has 2 amide bonds. The van der Waals surface area contributed by atoms with Crippen LogP contribution in [0.15, 0.2) is 72.8 Å². The molecule has 0 fully saturated rings. The molecule has 5 nitrogen and oxygen atoms in total. The molecule has 0 saturated heterocycles. The van der Waals surface area contributed by atoms with Crippen molar-refractivity contribution in [2.75, 3.05) is 15.5 Å². The minimum absolute atomic E-state index is 0.265. The Morgan fingerprint density at radius 2 is 1.59 bits per heavy atom. The number of benzene rings is 3. The van der Waals surface area contributed by atoms with Gasteiger partial charge in [0.15, 0.2) is 0 Å². The molecule has 2 heterocycles. The number of halogens is 1. The van der Waals surface area contributed by atoms with E-state index in [1.54, 1.807) is 42.5 Å². The summed E-state index contributed by atoms with van der Waals surface area (Å²) in [6, 6.07) is 21.5. The summed E-state index contributed by atoms with van der Waals surface area (Å²) in [7, 11) is 0. The molecule has 0 bridgehead atoms. The van der Waals surface area contributed by atoms with Gasteiger partial charge in [0.25, 0.3) is 11.8 Å². The Balaban J connectivity index is 1.83. The number of para-hydroxylation sites is 2. The van der Waals surface area contributed by atoms with Gasteiger partial charge in [-0.15, -0.1) is 0 Å². The van der Waals surface area contributed by atoms with E-state index in [1.165, 1.54) is 4.90 Å². The third kappa shape index (κ3) is 2.12. The van der Waals surface area contributed by atoms with Crippen molar-refractivity contribution >= 4 is 40.5 Å². The van der Waals surface area contributed by atoms with E-state index >= 15 is 0 Å². The second-order valence-electron chi connectivity index (χ2n) is 6.50. The summed E-state index contributed by atoms with van der Waals surface area (Å²) < 4.78 is 0. The second-order valence-corrected chi connectivity index (χ2v) is 6.94. The van der Waals surface area contributed by atoms with Gasteiger partial charge in [-0.2, -0.15) is 0 Å². The smallest absolute Gasteiger partial charge is 0.276 e. The fraction of sp³-hybridized carbons (Fsp3) is 0.0476. The molecule has 132 valence electrons. The first kappa shape index (κ1) is 15.9. The van der Waals surface area contributed by atoms with Gasteiger partial charge in [0, 0.05) is 27.6 Å². The lowest BCUT2D eigenvalue weighted by Crippen LogP contribution is -2.61. The second kappa shape index (κ2) is 5.59. The molecule has 5 rings (SSSR count). The number of anilines is 3. The van der Waals surface area contributed by atoms with Crippen molar-refractivity contribution in [3.63, 3.8) is 0 Å². The Morgan fingerprint density at radius 3 is 2.41 bits per heavy atom. The van der Waals surface area contributed by atoms with Gasteiger partial charge in [-0.1, -0.05) is 48.0 Å². The van der Waals surface area contributed by atoms with Crippen molar-refractivity contribution in [1.82, 2.24) is 0 Å². The molecule has 2 aliphatic rings. The van der Waals surface area contributed by atoms with E-state index in [2.05, 4.69) is 10.6 Å². The number of fused-ring (bicyclic) bond motifs is 3. The van der Waals surface area contributed by atoms with Crippen LogP contribution in [0, 0.1) is 0 Å². The molecular weight excluding hydrogens is 362 g/mol. The van der Waals surface area contributed by atoms with Crippen molar-refractivity contribution in [2.24, 2.45) is 0 Å². The summed E-state index contributed by atoms with van der Waals surface area (Å²) in [5, 5.41) is 6.71. The zero-order chi connectivity index (χ0) is 18.6. The van der Waals surface area contributed by atoms with E-state index in [-0.39, 0.29) is 11.8 Å². The molecule has 0 saturated carbocycles. The standard InChI is InChI=1S/C21H14ClN3O2/c22-13-6-5-7-14(12-13)25-19(26)15-8-1-3-10-17(15)24-21(25)16-9-2-4-11-18(16)23-20(21)27/h1-12,24H,(H,23,27). The fourth-order valence-electron chi connectivity index (χ4n) is 3.82. The quantitative estimate of drug-likeness (QED) is 0.669. The Morgan fingerprint density at radius 1 is 0.852 bits per heavy atom. The van der Waals surface area contributed by atoms with Gasteiger partial charge in [-0.05, 0) is 36.4 Å². The molecule has 0 aliphatic carbocycles. The topological polar surface area (TPSA) is 61.4 Å². The van der Waals surface area contributed by atoms with Gasteiger partial charge in [0.2, 0.25) is 5.66 Å². The van der Waals surface area contributed by atoms with Crippen LogP contribution in [-0.4, -0.2) is 11.8 Å². The average Bonchev–Trinajstić information content (AvgIpc) is 2.94. The molecule has 2 N–H and O–H groups in total. The molecule has 1 spiro atoms. The Kier molecular flexibility index (Phi) is 3.29. The van der Waals surface area contributed by atoms with Crippen molar-refractivity contribution in [1.29, 1.82) is 0 Å².